The number of terminal acetylenes is 1. The minimum Gasteiger partial charge on any atom is -0.480 e. The molecule has 0 aliphatic heterocycles. The summed E-state index contributed by atoms with van der Waals surface area (Å²) in [5.41, 5.74) is 0.861. The van der Waals surface area contributed by atoms with Crippen LogP contribution in [-0.4, -0.2) is 12.4 Å². The van der Waals surface area contributed by atoms with Gasteiger partial charge < -0.3 is 4.74 Å². The van der Waals surface area contributed by atoms with E-state index in [-0.39, 0.29) is 12.4 Å². The third-order valence-corrected chi connectivity index (χ3v) is 2.03. The highest BCUT2D eigenvalue weighted by atomic mass is 16.5. The van der Waals surface area contributed by atoms with E-state index in [1.807, 2.05) is 31.2 Å². The third-order valence-electron chi connectivity index (χ3n) is 2.03. The number of rotatable bonds is 5. The van der Waals surface area contributed by atoms with Gasteiger partial charge in [-0.3, -0.25) is 4.79 Å². The molecule has 0 aliphatic rings. The molecular formula is C14H14O2. The second-order valence-corrected chi connectivity index (χ2v) is 3.18. The van der Waals surface area contributed by atoms with Crippen LogP contribution >= 0.6 is 0 Å². The van der Waals surface area contributed by atoms with Crippen LogP contribution in [0.5, 0.6) is 5.75 Å². The zero-order valence-electron chi connectivity index (χ0n) is 9.27. The number of para-hydroxylation sites is 1. The number of carbonyl (C=O) groups excluding carboxylic acids is 1. The lowest BCUT2D eigenvalue weighted by molar-refractivity contribution is -0.114. The Morgan fingerprint density at radius 3 is 2.94 bits per heavy atom. The second-order valence-electron chi connectivity index (χ2n) is 3.18. The normalized spacial score (nSPS) is 10.0. The minimum atomic E-state index is 0.0896. The lowest BCUT2D eigenvalue weighted by Crippen LogP contribution is -1.95. The van der Waals surface area contributed by atoms with Gasteiger partial charge >= 0.3 is 0 Å². The van der Waals surface area contributed by atoms with E-state index in [2.05, 4.69) is 5.92 Å². The molecule has 16 heavy (non-hydrogen) atoms. The largest absolute Gasteiger partial charge is 0.480 e. The summed E-state index contributed by atoms with van der Waals surface area (Å²) in [5, 5.41) is 0. The molecule has 2 heteroatoms. The van der Waals surface area contributed by atoms with E-state index in [0.29, 0.717) is 12.2 Å². The van der Waals surface area contributed by atoms with Crippen LogP contribution in [0.2, 0.25) is 0 Å². The van der Waals surface area contributed by atoms with Gasteiger partial charge in [0.05, 0.1) is 0 Å². The first-order valence-electron chi connectivity index (χ1n) is 5.14. The van der Waals surface area contributed by atoms with Crippen molar-refractivity contribution in [2.75, 3.05) is 6.61 Å². The van der Waals surface area contributed by atoms with Crippen LogP contribution in [0, 0.1) is 12.3 Å². The summed E-state index contributed by atoms with van der Waals surface area (Å²) in [4.78, 5) is 11.2. The van der Waals surface area contributed by atoms with Crippen LogP contribution in [0.1, 0.15) is 18.9 Å². The van der Waals surface area contributed by atoms with Crippen LogP contribution in [-0.2, 0) is 4.79 Å². The van der Waals surface area contributed by atoms with Crippen molar-refractivity contribution in [3.8, 4) is 18.1 Å². The van der Waals surface area contributed by atoms with Gasteiger partial charge in [0.15, 0.2) is 5.78 Å². The molecule has 2 nitrogen and oxygen atoms in total. The summed E-state index contributed by atoms with van der Waals surface area (Å²) in [6, 6.07) is 7.46. The van der Waals surface area contributed by atoms with Crippen molar-refractivity contribution < 1.29 is 9.53 Å². The third kappa shape index (κ3) is 3.62. The van der Waals surface area contributed by atoms with Gasteiger partial charge in [0, 0.05) is 12.0 Å². The Morgan fingerprint density at radius 2 is 2.25 bits per heavy atom. The van der Waals surface area contributed by atoms with Crippen molar-refractivity contribution in [3.63, 3.8) is 0 Å². The average molecular weight is 214 g/mol. The smallest absolute Gasteiger partial charge is 0.155 e. The Bertz CT molecular complexity index is 425. The summed E-state index contributed by atoms with van der Waals surface area (Å²) in [5.74, 6) is 3.19. The maximum absolute atomic E-state index is 11.2. The molecule has 0 atom stereocenters. The van der Waals surface area contributed by atoms with Crippen molar-refractivity contribution in [2.45, 2.75) is 13.3 Å². The topological polar surface area (TPSA) is 26.3 Å². The molecule has 0 radical (unpaired) electrons. The predicted octanol–water partition coefficient (Wildman–Crippen LogP) is 2.69. The molecule has 0 heterocycles. The SMILES string of the molecule is C#CCOc1ccccc1/C=C/C(=O)CC. The van der Waals surface area contributed by atoms with Gasteiger partial charge in [-0.1, -0.05) is 31.0 Å². The lowest BCUT2D eigenvalue weighted by atomic mass is 10.1. The second kappa shape index (κ2) is 6.47. The van der Waals surface area contributed by atoms with Crippen LogP contribution in [0.15, 0.2) is 30.3 Å². The van der Waals surface area contributed by atoms with E-state index in [4.69, 9.17) is 11.2 Å². The van der Waals surface area contributed by atoms with E-state index in [0.717, 1.165) is 5.56 Å². The van der Waals surface area contributed by atoms with E-state index in [1.54, 1.807) is 12.2 Å². The van der Waals surface area contributed by atoms with E-state index < -0.39 is 0 Å². The summed E-state index contributed by atoms with van der Waals surface area (Å²) in [7, 11) is 0. The molecule has 1 aromatic carbocycles. The molecule has 0 N–H and O–H groups in total. The van der Waals surface area contributed by atoms with Crippen LogP contribution < -0.4 is 4.74 Å². The summed E-state index contributed by atoms with van der Waals surface area (Å²) in [6.45, 7) is 2.06. The summed E-state index contributed by atoms with van der Waals surface area (Å²) in [6.07, 6.45) is 8.93. The fraction of sp³-hybridized carbons (Fsp3) is 0.214. The Hall–Kier alpha value is -2.01. The van der Waals surface area contributed by atoms with Crippen molar-refractivity contribution >= 4 is 11.9 Å². The van der Waals surface area contributed by atoms with Gasteiger partial charge in [-0.2, -0.15) is 0 Å². The van der Waals surface area contributed by atoms with Gasteiger partial charge in [0.25, 0.3) is 0 Å². The van der Waals surface area contributed by atoms with Gasteiger partial charge in [-0.05, 0) is 18.2 Å². The van der Waals surface area contributed by atoms with Crippen LogP contribution in [0.25, 0.3) is 6.08 Å². The van der Waals surface area contributed by atoms with Crippen molar-refractivity contribution in [1.29, 1.82) is 0 Å². The van der Waals surface area contributed by atoms with E-state index >= 15 is 0 Å². The molecule has 0 fully saturated rings. The zero-order chi connectivity index (χ0) is 11.8. The number of benzene rings is 1. The molecule has 0 aliphatic carbocycles. The molecule has 0 saturated heterocycles. The predicted molar refractivity (Wildman–Crippen MR) is 65.1 cm³/mol. The first kappa shape index (κ1) is 12.1. The highest BCUT2D eigenvalue weighted by Crippen LogP contribution is 2.19. The van der Waals surface area contributed by atoms with E-state index in [1.165, 1.54) is 0 Å². The molecule has 1 aromatic rings. The summed E-state index contributed by atoms with van der Waals surface area (Å²) >= 11 is 0. The molecule has 82 valence electrons. The molecule has 0 saturated carbocycles. The highest BCUT2D eigenvalue weighted by molar-refractivity contribution is 5.93. The van der Waals surface area contributed by atoms with Crippen molar-refractivity contribution in [3.05, 3.63) is 35.9 Å². The van der Waals surface area contributed by atoms with Gasteiger partial charge in [0.2, 0.25) is 0 Å². The lowest BCUT2D eigenvalue weighted by Gasteiger charge is -2.05. The fourth-order valence-corrected chi connectivity index (χ4v) is 1.17. The molecule has 0 unspecified atom stereocenters. The number of hydrogen-bond acceptors (Lipinski definition) is 2. The molecule has 0 aromatic heterocycles. The first-order chi connectivity index (χ1) is 7.77. The van der Waals surface area contributed by atoms with Crippen molar-refractivity contribution in [1.82, 2.24) is 0 Å². The zero-order valence-corrected chi connectivity index (χ0v) is 9.27. The Labute approximate surface area is 95.9 Å². The maximum atomic E-state index is 11.2. The number of carbonyl (C=O) groups is 1. The van der Waals surface area contributed by atoms with Crippen LogP contribution in [0.4, 0.5) is 0 Å². The van der Waals surface area contributed by atoms with Gasteiger partial charge in [-0.15, -0.1) is 6.42 Å². The monoisotopic (exact) mass is 214 g/mol. The number of allylic oxidation sites excluding steroid dienone is 1. The standard InChI is InChI=1S/C14H14O2/c1-3-11-16-14-8-6-5-7-12(14)9-10-13(15)4-2/h1,5-10H,4,11H2,2H3/b10-9+. The number of hydrogen-bond donors (Lipinski definition) is 0. The Balaban J connectivity index is 2.83. The van der Waals surface area contributed by atoms with Gasteiger partial charge in [0.1, 0.15) is 12.4 Å². The minimum absolute atomic E-state index is 0.0896. The average Bonchev–Trinajstić information content (AvgIpc) is 2.34. The molecule has 1 rings (SSSR count). The van der Waals surface area contributed by atoms with Crippen LogP contribution in [0.3, 0.4) is 0 Å². The first-order valence-corrected chi connectivity index (χ1v) is 5.14. The number of ether oxygens (including phenoxy) is 1. The van der Waals surface area contributed by atoms with Crippen molar-refractivity contribution in [2.24, 2.45) is 0 Å². The van der Waals surface area contributed by atoms with Gasteiger partial charge in [-0.25, -0.2) is 0 Å². The fourth-order valence-electron chi connectivity index (χ4n) is 1.17. The molecule has 0 bridgehead atoms. The number of ketones is 1. The Kier molecular flexibility index (Phi) is 4.88. The molecule has 0 spiro atoms. The maximum Gasteiger partial charge on any atom is 0.155 e. The molecule has 0 amide bonds. The van der Waals surface area contributed by atoms with E-state index in [9.17, 15) is 4.79 Å². The molecular weight excluding hydrogens is 200 g/mol. The Morgan fingerprint density at radius 1 is 1.50 bits per heavy atom. The highest BCUT2D eigenvalue weighted by Gasteiger charge is 1.99. The quantitative estimate of drug-likeness (QED) is 0.556. The summed E-state index contributed by atoms with van der Waals surface area (Å²) < 4.78 is 5.35.